The molecule has 2 saturated carbocycles. The Morgan fingerprint density at radius 1 is 1.18 bits per heavy atom. The third-order valence-corrected chi connectivity index (χ3v) is 6.51. The first-order chi connectivity index (χ1) is 13.2. The maximum atomic E-state index is 13.4. The summed E-state index contributed by atoms with van der Waals surface area (Å²) in [5, 5.41) is 0. The molecular weight excluding hydrogens is 356 g/mol. The van der Waals surface area contributed by atoms with Crippen LogP contribution in [0.25, 0.3) is 0 Å². The zero-order chi connectivity index (χ0) is 20.1. The van der Waals surface area contributed by atoms with Gasteiger partial charge in [-0.1, -0.05) is 12.8 Å². The number of aromatic nitrogens is 2. The summed E-state index contributed by atoms with van der Waals surface area (Å²) in [6, 6.07) is 0.191. The minimum absolute atomic E-state index is 0.00939. The SMILES string of the molecule is CC(C)(C)OC(=O)N1CCc2c(nc(N)n(C(C3CCC3)C3CCC3)c2=O)C1. The van der Waals surface area contributed by atoms with Gasteiger partial charge in [-0.3, -0.25) is 9.36 Å². The fraction of sp³-hybridized carbons (Fsp3) is 0.762. The van der Waals surface area contributed by atoms with Gasteiger partial charge in [0.1, 0.15) is 5.60 Å². The van der Waals surface area contributed by atoms with Crippen molar-refractivity contribution in [1.82, 2.24) is 14.5 Å². The highest BCUT2D eigenvalue weighted by atomic mass is 16.6. The number of ether oxygens (including phenoxy) is 1. The van der Waals surface area contributed by atoms with Gasteiger partial charge in [0.05, 0.1) is 12.2 Å². The number of amides is 1. The van der Waals surface area contributed by atoms with Gasteiger partial charge in [0.25, 0.3) is 5.56 Å². The standard InChI is InChI=1S/C21H32N4O3/c1-21(2,3)28-20(27)24-11-10-15-16(12-24)23-19(22)25(18(15)26)17(13-6-4-7-13)14-8-5-9-14/h13-14,17H,4-12H2,1-3H3,(H2,22,23). The summed E-state index contributed by atoms with van der Waals surface area (Å²) in [5.41, 5.74) is 7.12. The van der Waals surface area contributed by atoms with Gasteiger partial charge in [-0.2, -0.15) is 0 Å². The smallest absolute Gasteiger partial charge is 0.410 e. The van der Waals surface area contributed by atoms with Crippen LogP contribution in [-0.2, 0) is 17.7 Å². The maximum Gasteiger partial charge on any atom is 0.410 e. The fourth-order valence-corrected chi connectivity index (χ4v) is 4.66. The van der Waals surface area contributed by atoms with Crippen LogP contribution in [0.2, 0.25) is 0 Å². The molecule has 0 atom stereocenters. The molecule has 0 aromatic carbocycles. The van der Waals surface area contributed by atoms with E-state index in [2.05, 4.69) is 4.98 Å². The molecule has 7 nitrogen and oxygen atoms in total. The summed E-state index contributed by atoms with van der Waals surface area (Å²) >= 11 is 0. The predicted octanol–water partition coefficient (Wildman–Crippen LogP) is 3.26. The lowest BCUT2D eigenvalue weighted by atomic mass is 9.68. The molecule has 0 unspecified atom stereocenters. The van der Waals surface area contributed by atoms with Crippen molar-refractivity contribution in [2.75, 3.05) is 12.3 Å². The molecule has 154 valence electrons. The number of nitrogen functional groups attached to an aromatic ring is 1. The van der Waals surface area contributed by atoms with E-state index in [1.807, 2.05) is 20.8 Å². The average molecular weight is 389 g/mol. The number of rotatable bonds is 3. The molecule has 1 aromatic rings. The van der Waals surface area contributed by atoms with Gasteiger partial charge in [-0.25, -0.2) is 9.78 Å². The van der Waals surface area contributed by atoms with Gasteiger partial charge in [0, 0.05) is 18.2 Å². The minimum atomic E-state index is -0.550. The molecule has 0 bridgehead atoms. The molecule has 1 aromatic heterocycles. The summed E-state index contributed by atoms with van der Waals surface area (Å²) in [6.45, 7) is 6.29. The molecule has 2 heterocycles. The third kappa shape index (κ3) is 3.51. The van der Waals surface area contributed by atoms with Crippen LogP contribution in [0.15, 0.2) is 4.79 Å². The Balaban J connectivity index is 1.62. The van der Waals surface area contributed by atoms with Gasteiger partial charge in [-0.05, 0) is 64.7 Å². The largest absolute Gasteiger partial charge is 0.444 e. The molecule has 4 rings (SSSR count). The van der Waals surface area contributed by atoms with E-state index in [0.717, 1.165) is 5.56 Å². The van der Waals surface area contributed by atoms with Gasteiger partial charge >= 0.3 is 6.09 Å². The lowest BCUT2D eigenvalue weighted by Crippen LogP contribution is -2.46. The van der Waals surface area contributed by atoms with Crippen molar-refractivity contribution in [1.29, 1.82) is 0 Å². The average Bonchev–Trinajstić information content (AvgIpc) is 2.49. The number of anilines is 1. The van der Waals surface area contributed by atoms with Crippen molar-refractivity contribution < 1.29 is 9.53 Å². The predicted molar refractivity (Wildman–Crippen MR) is 107 cm³/mol. The van der Waals surface area contributed by atoms with E-state index in [1.165, 1.54) is 38.5 Å². The summed E-state index contributed by atoms with van der Waals surface area (Å²) in [4.78, 5) is 32.0. The lowest BCUT2D eigenvalue weighted by Gasteiger charge is -2.44. The monoisotopic (exact) mass is 388 g/mol. The first kappa shape index (κ1) is 19.3. The Kier molecular flexibility index (Phi) is 4.88. The van der Waals surface area contributed by atoms with Crippen LogP contribution in [0.5, 0.6) is 0 Å². The molecule has 2 fully saturated rings. The molecule has 1 aliphatic heterocycles. The molecule has 2 aliphatic carbocycles. The first-order valence-corrected chi connectivity index (χ1v) is 10.6. The van der Waals surface area contributed by atoms with E-state index in [4.69, 9.17) is 10.5 Å². The van der Waals surface area contributed by atoms with Crippen LogP contribution in [0, 0.1) is 11.8 Å². The number of carbonyl (C=O) groups excluding carboxylic acids is 1. The molecule has 3 aliphatic rings. The lowest BCUT2D eigenvalue weighted by molar-refractivity contribution is 0.0219. The van der Waals surface area contributed by atoms with E-state index < -0.39 is 5.60 Å². The molecule has 7 heteroatoms. The number of fused-ring (bicyclic) bond motifs is 1. The van der Waals surface area contributed by atoms with E-state index in [1.54, 1.807) is 9.47 Å². The van der Waals surface area contributed by atoms with Gasteiger partial charge in [0.2, 0.25) is 5.95 Å². The highest BCUT2D eigenvalue weighted by molar-refractivity contribution is 5.68. The normalized spacial score (nSPS) is 20.5. The number of hydrogen-bond donors (Lipinski definition) is 1. The van der Waals surface area contributed by atoms with Crippen molar-refractivity contribution in [3.63, 3.8) is 0 Å². The van der Waals surface area contributed by atoms with Gasteiger partial charge in [-0.15, -0.1) is 0 Å². The molecule has 0 radical (unpaired) electrons. The second-order valence-corrected chi connectivity index (χ2v) is 9.59. The number of nitrogens with zero attached hydrogens (tertiary/aromatic N) is 3. The van der Waals surface area contributed by atoms with E-state index >= 15 is 0 Å². The zero-order valence-electron chi connectivity index (χ0n) is 17.2. The Hall–Kier alpha value is -2.05. The van der Waals surface area contributed by atoms with E-state index in [0.29, 0.717) is 36.4 Å². The Labute approximate surface area is 166 Å². The number of hydrogen-bond acceptors (Lipinski definition) is 5. The molecule has 0 saturated heterocycles. The molecule has 2 N–H and O–H groups in total. The highest BCUT2D eigenvalue weighted by Gasteiger charge is 2.40. The second-order valence-electron chi connectivity index (χ2n) is 9.59. The molecular formula is C21H32N4O3. The van der Waals surface area contributed by atoms with Crippen LogP contribution in [0.1, 0.15) is 76.6 Å². The van der Waals surface area contributed by atoms with Crippen LogP contribution < -0.4 is 11.3 Å². The summed E-state index contributed by atoms with van der Waals surface area (Å²) < 4.78 is 7.27. The number of carbonyl (C=O) groups is 1. The third-order valence-electron chi connectivity index (χ3n) is 6.51. The van der Waals surface area contributed by atoms with E-state index in [-0.39, 0.29) is 24.2 Å². The van der Waals surface area contributed by atoms with E-state index in [9.17, 15) is 9.59 Å². The van der Waals surface area contributed by atoms with Crippen LogP contribution in [0.4, 0.5) is 10.7 Å². The van der Waals surface area contributed by atoms with Gasteiger partial charge < -0.3 is 15.4 Å². The second kappa shape index (κ2) is 7.08. The van der Waals surface area contributed by atoms with Crippen LogP contribution >= 0.6 is 0 Å². The van der Waals surface area contributed by atoms with Gasteiger partial charge in [0.15, 0.2) is 0 Å². The molecule has 28 heavy (non-hydrogen) atoms. The van der Waals surface area contributed by atoms with Crippen molar-refractivity contribution >= 4 is 12.0 Å². The van der Waals surface area contributed by atoms with Crippen LogP contribution in [-0.4, -0.2) is 32.7 Å². The quantitative estimate of drug-likeness (QED) is 0.858. The number of nitrogens with two attached hydrogens (primary N) is 1. The topological polar surface area (TPSA) is 90.4 Å². The Morgan fingerprint density at radius 3 is 2.29 bits per heavy atom. The zero-order valence-corrected chi connectivity index (χ0v) is 17.2. The maximum absolute atomic E-state index is 13.4. The van der Waals surface area contributed by atoms with Crippen molar-refractivity contribution in [3.05, 3.63) is 21.6 Å². The fourth-order valence-electron chi connectivity index (χ4n) is 4.66. The Bertz CT molecular complexity index is 804. The van der Waals surface area contributed by atoms with Crippen LogP contribution in [0.3, 0.4) is 0 Å². The van der Waals surface area contributed by atoms with Crippen molar-refractivity contribution in [3.8, 4) is 0 Å². The minimum Gasteiger partial charge on any atom is -0.444 e. The summed E-state index contributed by atoms with van der Waals surface area (Å²) in [6.07, 6.45) is 7.32. The summed E-state index contributed by atoms with van der Waals surface area (Å²) in [7, 11) is 0. The van der Waals surface area contributed by atoms with Crippen molar-refractivity contribution in [2.24, 2.45) is 11.8 Å². The Morgan fingerprint density at radius 2 is 1.79 bits per heavy atom. The highest BCUT2D eigenvalue weighted by Crippen LogP contribution is 2.47. The summed E-state index contributed by atoms with van der Waals surface area (Å²) in [5.74, 6) is 1.40. The molecule has 1 amide bonds. The van der Waals surface area contributed by atoms with Crippen molar-refractivity contribution in [2.45, 2.75) is 83.9 Å². The molecule has 0 spiro atoms. The first-order valence-electron chi connectivity index (χ1n) is 10.6.